The second-order valence-electron chi connectivity index (χ2n) is 7.27. The number of ether oxygens (including phenoxy) is 3. The van der Waals surface area contributed by atoms with Gasteiger partial charge < -0.3 is 19.1 Å². The van der Waals surface area contributed by atoms with Crippen molar-refractivity contribution in [3.8, 4) is 17.2 Å². The van der Waals surface area contributed by atoms with Gasteiger partial charge in [0.25, 0.3) is 0 Å². The number of methoxy groups -OCH3 is 1. The highest BCUT2D eigenvalue weighted by atomic mass is 16.7. The number of fused-ring (bicyclic) bond motifs is 1. The smallest absolute Gasteiger partial charge is 0.231 e. The van der Waals surface area contributed by atoms with Crippen LogP contribution >= 0.6 is 0 Å². The van der Waals surface area contributed by atoms with Crippen LogP contribution in [-0.4, -0.2) is 56.3 Å². The Labute approximate surface area is 165 Å². The third-order valence-electron chi connectivity index (χ3n) is 5.56. The fourth-order valence-electron chi connectivity index (χ4n) is 3.88. The largest absolute Gasteiger partial charge is 0.496 e. The molecule has 28 heavy (non-hydrogen) atoms. The van der Waals surface area contributed by atoms with Crippen molar-refractivity contribution in [2.24, 2.45) is 0 Å². The first-order chi connectivity index (χ1) is 13.7. The number of hydrogen-bond donors (Lipinski definition) is 0. The molecular formula is C22H26N2O4. The van der Waals surface area contributed by atoms with E-state index in [0.29, 0.717) is 19.4 Å². The summed E-state index contributed by atoms with van der Waals surface area (Å²) in [6, 6.07) is 14.1. The van der Waals surface area contributed by atoms with Crippen LogP contribution in [0.4, 0.5) is 0 Å². The first-order valence-electron chi connectivity index (χ1n) is 9.65. The number of hydrogen-bond acceptors (Lipinski definition) is 5. The van der Waals surface area contributed by atoms with Crippen LogP contribution in [0.1, 0.15) is 23.6 Å². The molecule has 2 aliphatic heterocycles. The van der Waals surface area contributed by atoms with Gasteiger partial charge in [0.05, 0.1) is 13.2 Å². The molecule has 2 aliphatic rings. The number of amides is 1. The SMILES string of the molecule is COc1ccccc1C1CN(C(=O)CCc2ccc3c(c2)OCO3)CCN1C. The molecule has 1 fully saturated rings. The Bertz CT molecular complexity index is 854. The lowest BCUT2D eigenvalue weighted by molar-refractivity contribution is -0.134. The lowest BCUT2D eigenvalue weighted by atomic mass is 10.0. The third-order valence-corrected chi connectivity index (χ3v) is 5.56. The van der Waals surface area contributed by atoms with Crippen LogP contribution in [0.5, 0.6) is 17.2 Å². The average Bonchev–Trinajstić information content (AvgIpc) is 3.20. The van der Waals surface area contributed by atoms with Gasteiger partial charge in [0.2, 0.25) is 12.7 Å². The number of carbonyl (C=O) groups is 1. The highest BCUT2D eigenvalue weighted by molar-refractivity contribution is 5.76. The molecule has 6 nitrogen and oxygen atoms in total. The number of carbonyl (C=O) groups excluding carboxylic acids is 1. The topological polar surface area (TPSA) is 51.2 Å². The first kappa shape index (κ1) is 18.6. The highest BCUT2D eigenvalue weighted by Crippen LogP contribution is 2.33. The number of piperazine rings is 1. The van der Waals surface area contributed by atoms with Crippen LogP contribution in [0.3, 0.4) is 0 Å². The lowest BCUT2D eigenvalue weighted by Gasteiger charge is -2.40. The average molecular weight is 382 g/mol. The van der Waals surface area contributed by atoms with Crippen LogP contribution in [0.2, 0.25) is 0 Å². The van der Waals surface area contributed by atoms with E-state index >= 15 is 0 Å². The maximum Gasteiger partial charge on any atom is 0.231 e. The van der Waals surface area contributed by atoms with Gasteiger partial charge in [0, 0.05) is 31.6 Å². The number of aryl methyl sites for hydroxylation is 1. The Morgan fingerprint density at radius 2 is 1.96 bits per heavy atom. The number of nitrogens with zero attached hydrogens (tertiary/aromatic N) is 2. The van der Waals surface area contributed by atoms with Crippen molar-refractivity contribution in [2.75, 3.05) is 40.6 Å². The van der Waals surface area contributed by atoms with Gasteiger partial charge in [-0.15, -0.1) is 0 Å². The van der Waals surface area contributed by atoms with Gasteiger partial charge in [0.15, 0.2) is 11.5 Å². The monoisotopic (exact) mass is 382 g/mol. The van der Waals surface area contributed by atoms with Crippen LogP contribution in [-0.2, 0) is 11.2 Å². The zero-order valence-electron chi connectivity index (χ0n) is 16.4. The Kier molecular flexibility index (Phi) is 5.39. The van der Waals surface area contributed by atoms with E-state index in [1.807, 2.05) is 41.3 Å². The summed E-state index contributed by atoms with van der Waals surface area (Å²) in [6.07, 6.45) is 1.18. The van der Waals surface area contributed by atoms with E-state index < -0.39 is 0 Å². The Morgan fingerprint density at radius 1 is 1.14 bits per heavy atom. The van der Waals surface area contributed by atoms with Gasteiger partial charge in [-0.1, -0.05) is 24.3 Å². The molecule has 1 amide bonds. The van der Waals surface area contributed by atoms with Crippen molar-refractivity contribution < 1.29 is 19.0 Å². The van der Waals surface area contributed by atoms with E-state index in [-0.39, 0.29) is 18.7 Å². The standard InChI is InChI=1S/C22H26N2O4/c1-23-11-12-24(14-18(23)17-5-3-4-6-19(17)26-2)22(25)10-8-16-7-9-20-21(13-16)28-15-27-20/h3-7,9,13,18H,8,10-12,14-15H2,1-2H3. The summed E-state index contributed by atoms with van der Waals surface area (Å²) in [4.78, 5) is 17.1. The van der Waals surface area contributed by atoms with E-state index in [2.05, 4.69) is 18.0 Å². The molecule has 0 aliphatic carbocycles. The van der Waals surface area contributed by atoms with E-state index in [4.69, 9.17) is 14.2 Å². The van der Waals surface area contributed by atoms with Crippen molar-refractivity contribution in [3.05, 3.63) is 53.6 Å². The molecule has 0 spiro atoms. The fourth-order valence-corrected chi connectivity index (χ4v) is 3.88. The quantitative estimate of drug-likeness (QED) is 0.796. The van der Waals surface area contributed by atoms with Crippen LogP contribution in [0.25, 0.3) is 0 Å². The molecule has 0 saturated carbocycles. The molecule has 2 heterocycles. The van der Waals surface area contributed by atoms with Crippen molar-refractivity contribution in [2.45, 2.75) is 18.9 Å². The van der Waals surface area contributed by atoms with E-state index in [0.717, 1.165) is 41.5 Å². The molecule has 6 heteroatoms. The molecule has 148 valence electrons. The van der Waals surface area contributed by atoms with Crippen LogP contribution < -0.4 is 14.2 Å². The van der Waals surface area contributed by atoms with E-state index in [1.165, 1.54) is 0 Å². The summed E-state index contributed by atoms with van der Waals surface area (Å²) in [5, 5.41) is 0. The third kappa shape index (κ3) is 3.78. The molecule has 4 rings (SSSR count). The minimum absolute atomic E-state index is 0.138. The van der Waals surface area contributed by atoms with Crippen molar-refractivity contribution in [1.29, 1.82) is 0 Å². The highest BCUT2D eigenvalue weighted by Gasteiger charge is 2.30. The minimum Gasteiger partial charge on any atom is -0.496 e. The summed E-state index contributed by atoms with van der Waals surface area (Å²) in [5.74, 6) is 2.59. The number of para-hydroxylation sites is 1. The zero-order chi connectivity index (χ0) is 19.5. The van der Waals surface area contributed by atoms with Gasteiger partial charge >= 0.3 is 0 Å². The lowest BCUT2D eigenvalue weighted by Crippen LogP contribution is -2.49. The molecule has 0 aromatic heterocycles. The molecule has 0 radical (unpaired) electrons. The fraction of sp³-hybridized carbons (Fsp3) is 0.409. The Balaban J connectivity index is 1.40. The molecule has 1 atom stereocenters. The van der Waals surface area contributed by atoms with Crippen LogP contribution in [0.15, 0.2) is 42.5 Å². The first-order valence-corrected chi connectivity index (χ1v) is 9.65. The van der Waals surface area contributed by atoms with Gasteiger partial charge in [-0.2, -0.15) is 0 Å². The number of rotatable bonds is 5. The van der Waals surface area contributed by atoms with Crippen molar-refractivity contribution >= 4 is 5.91 Å². The molecule has 0 bridgehead atoms. The van der Waals surface area contributed by atoms with Gasteiger partial charge in [-0.25, -0.2) is 0 Å². The predicted octanol–water partition coefficient (Wildman–Crippen LogP) is 2.87. The summed E-state index contributed by atoms with van der Waals surface area (Å²) in [7, 11) is 3.79. The van der Waals surface area contributed by atoms with Crippen LogP contribution in [0, 0.1) is 0 Å². The van der Waals surface area contributed by atoms with Gasteiger partial charge in [-0.05, 0) is 37.2 Å². The number of benzene rings is 2. The Morgan fingerprint density at radius 3 is 2.82 bits per heavy atom. The van der Waals surface area contributed by atoms with E-state index in [1.54, 1.807) is 7.11 Å². The summed E-state index contributed by atoms with van der Waals surface area (Å²) in [6.45, 7) is 2.54. The Hall–Kier alpha value is -2.73. The molecule has 2 aromatic carbocycles. The van der Waals surface area contributed by atoms with Crippen molar-refractivity contribution in [1.82, 2.24) is 9.80 Å². The molecule has 1 saturated heterocycles. The maximum absolute atomic E-state index is 12.9. The predicted molar refractivity (Wildman–Crippen MR) is 106 cm³/mol. The van der Waals surface area contributed by atoms with Gasteiger partial charge in [-0.3, -0.25) is 9.69 Å². The summed E-state index contributed by atoms with van der Waals surface area (Å²) >= 11 is 0. The molecule has 1 unspecified atom stereocenters. The van der Waals surface area contributed by atoms with Crippen molar-refractivity contribution in [3.63, 3.8) is 0 Å². The number of likely N-dealkylation sites (N-methyl/N-ethyl adjacent to an activating group) is 1. The summed E-state index contributed by atoms with van der Waals surface area (Å²) in [5.41, 5.74) is 2.22. The van der Waals surface area contributed by atoms with Gasteiger partial charge in [0.1, 0.15) is 5.75 Å². The second kappa shape index (κ2) is 8.10. The minimum atomic E-state index is 0.138. The summed E-state index contributed by atoms with van der Waals surface area (Å²) < 4.78 is 16.3. The molecule has 2 aromatic rings. The molecule has 0 N–H and O–H groups in total. The maximum atomic E-state index is 12.9. The second-order valence-corrected chi connectivity index (χ2v) is 7.27. The molecular weight excluding hydrogens is 356 g/mol. The van der Waals surface area contributed by atoms with E-state index in [9.17, 15) is 4.79 Å². The zero-order valence-corrected chi connectivity index (χ0v) is 16.4. The normalized spacial score (nSPS) is 18.9.